The summed E-state index contributed by atoms with van der Waals surface area (Å²) < 4.78 is 2.31. The summed E-state index contributed by atoms with van der Waals surface area (Å²) in [7, 11) is 0. The topological polar surface area (TPSA) is 68.8 Å². The molecule has 1 aliphatic carbocycles. The molecule has 3 aromatic rings. The lowest BCUT2D eigenvalue weighted by Gasteiger charge is -2.32. The van der Waals surface area contributed by atoms with Crippen molar-refractivity contribution < 1.29 is 0 Å². The number of hydrogen-bond acceptors (Lipinski definition) is 4. The third kappa shape index (κ3) is 3.51. The first kappa shape index (κ1) is 16.1. The quantitative estimate of drug-likeness (QED) is 0.677. The number of benzene rings is 1. The van der Waals surface area contributed by atoms with Crippen LogP contribution in [0.2, 0.25) is 0 Å². The Hall–Kier alpha value is -2.40. The summed E-state index contributed by atoms with van der Waals surface area (Å²) in [6.07, 6.45) is 5.29. The fourth-order valence-corrected chi connectivity index (χ4v) is 3.60. The number of rotatable bonds is 6. The number of nitrogens with one attached hydrogen (secondary N) is 1. The van der Waals surface area contributed by atoms with Gasteiger partial charge in [-0.05, 0) is 43.7 Å². The van der Waals surface area contributed by atoms with Gasteiger partial charge in [0.1, 0.15) is 11.6 Å². The standard InChI is InChI=1S/C20H25N5/c1-14-23-18(16-11-17(21)12-16)13-20(24-14)22-8-4-9-25-10-7-15-5-2-3-6-19(15)25/h2-3,5-7,10,13,16-17H,4,8-9,11-12,21H2,1H3,(H,22,23,24). The van der Waals surface area contributed by atoms with Gasteiger partial charge in [-0.1, -0.05) is 18.2 Å². The van der Waals surface area contributed by atoms with Crippen molar-refractivity contribution in [2.24, 2.45) is 5.73 Å². The molecule has 2 aromatic heterocycles. The molecule has 0 radical (unpaired) electrons. The lowest BCUT2D eigenvalue weighted by molar-refractivity contribution is 0.344. The molecule has 1 fully saturated rings. The summed E-state index contributed by atoms with van der Waals surface area (Å²) in [5.74, 6) is 2.26. The number of nitrogens with zero attached hydrogens (tertiary/aromatic N) is 3. The van der Waals surface area contributed by atoms with Crippen LogP contribution in [-0.2, 0) is 6.54 Å². The van der Waals surface area contributed by atoms with Crippen LogP contribution in [0.3, 0.4) is 0 Å². The molecule has 0 amide bonds. The average molecular weight is 335 g/mol. The highest BCUT2D eigenvalue weighted by atomic mass is 15.0. The van der Waals surface area contributed by atoms with Crippen LogP contribution < -0.4 is 11.1 Å². The summed E-state index contributed by atoms with van der Waals surface area (Å²) in [4.78, 5) is 9.10. The molecule has 0 aliphatic heterocycles. The molecule has 25 heavy (non-hydrogen) atoms. The third-order valence-corrected chi connectivity index (χ3v) is 5.01. The fourth-order valence-electron chi connectivity index (χ4n) is 3.60. The van der Waals surface area contributed by atoms with Gasteiger partial charge < -0.3 is 15.6 Å². The molecule has 0 bridgehead atoms. The summed E-state index contributed by atoms with van der Waals surface area (Å²) >= 11 is 0. The van der Waals surface area contributed by atoms with Crippen LogP contribution in [0.5, 0.6) is 0 Å². The maximum Gasteiger partial charge on any atom is 0.129 e. The molecule has 0 unspecified atom stereocenters. The van der Waals surface area contributed by atoms with Gasteiger partial charge in [-0.15, -0.1) is 0 Å². The van der Waals surface area contributed by atoms with E-state index in [1.807, 2.05) is 6.92 Å². The smallest absolute Gasteiger partial charge is 0.129 e. The minimum atomic E-state index is 0.341. The van der Waals surface area contributed by atoms with Gasteiger partial charge >= 0.3 is 0 Å². The Balaban J connectivity index is 1.34. The number of para-hydroxylation sites is 1. The maximum absolute atomic E-state index is 5.91. The Morgan fingerprint density at radius 2 is 2.04 bits per heavy atom. The fraction of sp³-hybridized carbons (Fsp3) is 0.400. The third-order valence-electron chi connectivity index (χ3n) is 5.01. The van der Waals surface area contributed by atoms with Crippen molar-refractivity contribution in [3.8, 4) is 0 Å². The van der Waals surface area contributed by atoms with E-state index in [1.54, 1.807) is 0 Å². The zero-order valence-corrected chi connectivity index (χ0v) is 14.7. The number of aryl methyl sites for hydroxylation is 2. The predicted octanol–water partition coefficient (Wildman–Crippen LogP) is 3.45. The second-order valence-corrected chi connectivity index (χ2v) is 7.00. The van der Waals surface area contributed by atoms with Gasteiger partial charge in [-0.3, -0.25) is 0 Å². The van der Waals surface area contributed by atoms with Gasteiger partial charge in [0.05, 0.1) is 0 Å². The lowest BCUT2D eigenvalue weighted by atomic mass is 9.78. The average Bonchev–Trinajstić information content (AvgIpc) is 2.99. The van der Waals surface area contributed by atoms with E-state index in [0.29, 0.717) is 12.0 Å². The molecule has 0 spiro atoms. The number of aromatic nitrogens is 3. The van der Waals surface area contributed by atoms with Crippen molar-refractivity contribution in [2.45, 2.75) is 44.7 Å². The van der Waals surface area contributed by atoms with Gasteiger partial charge in [0.25, 0.3) is 0 Å². The Morgan fingerprint density at radius 1 is 1.20 bits per heavy atom. The van der Waals surface area contributed by atoms with Gasteiger partial charge in [-0.25, -0.2) is 9.97 Å². The van der Waals surface area contributed by atoms with Gasteiger partial charge in [0.2, 0.25) is 0 Å². The second-order valence-electron chi connectivity index (χ2n) is 7.00. The normalized spacial score (nSPS) is 19.8. The van der Waals surface area contributed by atoms with Crippen molar-refractivity contribution >= 4 is 16.7 Å². The molecule has 1 saturated carbocycles. The molecule has 5 nitrogen and oxygen atoms in total. The molecular formula is C20H25N5. The molecule has 0 saturated heterocycles. The number of hydrogen-bond donors (Lipinski definition) is 2. The lowest BCUT2D eigenvalue weighted by Crippen LogP contribution is -2.35. The van der Waals surface area contributed by atoms with E-state index in [9.17, 15) is 0 Å². The van der Waals surface area contributed by atoms with Crippen LogP contribution in [-0.4, -0.2) is 27.1 Å². The predicted molar refractivity (Wildman–Crippen MR) is 102 cm³/mol. The molecule has 1 aromatic carbocycles. The molecule has 4 rings (SSSR count). The Bertz CT molecular complexity index is 863. The van der Waals surface area contributed by atoms with Gasteiger partial charge in [0.15, 0.2) is 0 Å². The van der Waals surface area contributed by atoms with E-state index >= 15 is 0 Å². The van der Waals surface area contributed by atoms with Crippen LogP contribution in [0, 0.1) is 6.92 Å². The first-order valence-corrected chi connectivity index (χ1v) is 9.08. The van der Waals surface area contributed by atoms with Crippen LogP contribution in [0.15, 0.2) is 42.6 Å². The minimum Gasteiger partial charge on any atom is -0.370 e. The number of anilines is 1. The van der Waals surface area contributed by atoms with E-state index < -0.39 is 0 Å². The zero-order chi connectivity index (χ0) is 17.2. The highest BCUT2D eigenvalue weighted by Crippen LogP contribution is 2.35. The van der Waals surface area contributed by atoms with Crippen LogP contribution in [0.4, 0.5) is 5.82 Å². The van der Waals surface area contributed by atoms with Crippen LogP contribution in [0.1, 0.15) is 36.7 Å². The van der Waals surface area contributed by atoms with E-state index in [4.69, 9.17) is 5.73 Å². The summed E-state index contributed by atoms with van der Waals surface area (Å²) in [6.45, 7) is 3.85. The molecule has 0 atom stereocenters. The van der Waals surface area contributed by atoms with E-state index in [2.05, 4.69) is 62.4 Å². The SMILES string of the molecule is Cc1nc(NCCCn2ccc3ccccc32)cc(C2CC(N)C2)n1. The largest absolute Gasteiger partial charge is 0.370 e. The molecule has 5 heteroatoms. The molecule has 2 heterocycles. The van der Waals surface area contributed by atoms with Crippen molar-refractivity contribution in [2.75, 3.05) is 11.9 Å². The van der Waals surface area contributed by atoms with Crippen molar-refractivity contribution in [1.29, 1.82) is 0 Å². The number of nitrogens with two attached hydrogens (primary N) is 1. The van der Waals surface area contributed by atoms with Crippen molar-refractivity contribution in [3.05, 3.63) is 54.1 Å². The van der Waals surface area contributed by atoms with Crippen LogP contribution in [0.25, 0.3) is 10.9 Å². The Morgan fingerprint density at radius 3 is 2.88 bits per heavy atom. The number of fused-ring (bicyclic) bond motifs is 1. The van der Waals surface area contributed by atoms with E-state index in [-0.39, 0.29) is 0 Å². The Labute approximate surface area is 148 Å². The molecule has 130 valence electrons. The highest BCUT2D eigenvalue weighted by Gasteiger charge is 2.28. The monoisotopic (exact) mass is 335 g/mol. The van der Waals surface area contributed by atoms with Gasteiger partial charge in [-0.2, -0.15) is 0 Å². The highest BCUT2D eigenvalue weighted by molar-refractivity contribution is 5.79. The maximum atomic E-state index is 5.91. The second kappa shape index (κ2) is 6.84. The first-order valence-electron chi connectivity index (χ1n) is 9.08. The molecule has 3 N–H and O–H groups in total. The summed E-state index contributed by atoms with van der Waals surface area (Å²) in [5.41, 5.74) is 8.33. The first-order chi connectivity index (χ1) is 12.2. The van der Waals surface area contributed by atoms with Crippen molar-refractivity contribution in [1.82, 2.24) is 14.5 Å². The van der Waals surface area contributed by atoms with Crippen LogP contribution >= 0.6 is 0 Å². The molecular weight excluding hydrogens is 310 g/mol. The summed E-state index contributed by atoms with van der Waals surface area (Å²) in [6, 6.07) is 13.1. The molecule has 1 aliphatic rings. The van der Waals surface area contributed by atoms with Crippen molar-refractivity contribution in [3.63, 3.8) is 0 Å². The Kier molecular flexibility index (Phi) is 4.40. The van der Waals surface area contributed by atoms with Gasteiger partial charge in [0, 0.05) is 48.5 Å². The van der Waals surface area contributed by atoms with E-state index in [1.165, 1.54) is 10.9 Å². The summed E-state index contributed by atoms with van der Waals surface area (Å²) in [5, 5.41) is 4.75. The van der Waals surface area contributed by atoms with E-state index in [0.717, 1.165) is 49.7 Å². The zero-order valence-electron chi connectivity index (χ0n) is 14.7. The minimum absolute atomic E-state index is 0.341.